The van der Waals surface area contributed by atoms with Crippen LogP contribution in [0.2, 0.25) is 0 Å². The van der Waals surface area contributed by atoms with Crippen LogP contribution in [0, 0.1) is 20.8 Å². The summed E-state index contributed by atoms with van der Waals surface area (Å²) < 4.78 is 37.4. The molecule has 1 heterocycles. The number of ether oxygens (including phenoxy) is 1. The van der Waals surface area contributed by atoms with Crippen LogP contribution in [0.5, 0.6) is 5.75 Å². The second-order valence-electron chi connectivity index (χ2n) is 7.65. The Balaban J connectivity index is 2.09. The number of fused-ring (bicyclic) bond motifs is 1. The van der Waals surface area contributed by atoms with Crippen molar-refractivity contribution in [1.82, 2.24) is 4.31 Å². The molecule has 8 heteroatoms. The summed E-state index contributed by atoms with van der Waals surface area (Å²) in [6, 6.07) is 7.70. The molecule has 7 nitrogen and oxygen atoms in total. The minimum absolute atomic E-state index is 0.0558. The Morgan fingerprint density at radius 2 is 1.71 bits per heavy atom. The summed E-state index contributed by atoms with van der Waals surface area (Å²) >= 11 is 0. The molecule has 164 valence electrons. The topological polar surface area (TPSA) is 93.9 Å². The van der Waals surface area contributed by atoms with Crippen molar-refractivity contribution < 1.29 is 22.4 Å². The highest BCUT2D eigenvalue weighted by atomic mass is 32.2. The smallest absolute Gasteiger partial charge is 0.343 e. The van der Waals surface area contributed by atoms with Crippen molar-refractivity contribution >= 4 is 27.0 Å². The van der Waals surface area contributed by atoms with Crippen molar-refractivity contribution in [3.63, 3.8) is 0 Å². The fourth-order valence-corrected chi connectivity index (χ4v) is 4.55. The summed E-state index contributed by atoms with van der Waals surface area (Å²) in [6.07, 6.45) is 0.588. The van der Waals surface area contributed by atoms with Crippen LogP contribution < -0.4 is 10.4 Å². The minimum atomic E-state index is -3.73. The highest BCUT2D eigenvalue weighted by Crippen LogP contribution is 2.29. The normalized spacial score (nSPS) is 11.8. The number of sulfonamides is 1. The lowest BCUT2D eigenvalue weighted by Gasteiger charge is -2.17. The first-order chi connectivity index (χ1) is 14.4. The van der Waals surface area contributed by atoms with Gasteiger partial charge >= 0.3 is 11.6 Å². The van der Waals surface area contributed by atoms with E-state index in [0.29, 0.717) is 23.1 Å². The third-order valence-corrected chi connectivity index (χ3v) is 7.27. The predicted octanol–water partition coefficient (Wildman–Crippen LogP) is 3.75. The van der Waals surface area contributed by atoms with Crippen molar-refractivity contribution in [2.24, 2.45) is 0 Å². The van der Waals surface area contributed by atoms with E-state index in [1.165, 1.54) is 32.3 Å². The van der Waals surface area contributed by atoms with Crippen molar-refractivity contribution in [2.45, 2.75) is 39.0 Å². The average Bonchev–Trinajstić information content (AvgIpc) is 2.68. The van der Waals surface area contributed by atoms with Crippen LogP contribution in [0.25, 0.3) is 11.0 Å². The number of carbonyl (C=O) groups is 1. The molecule has 3 rings (SSSR count). The standard InChI is InChI=1S/C23H25NO6S/c1-7-16-10-18-14(3)9-22(25)29-20(18)12-19(16)30-23(26)17-8-13(2)15(4)21(11-17)31(27,28)24(5)6/h8-12H,7H2,1-6H3. The first-order valence-corrected chi connectivity index (χ1v) is 11.2. The molecule has 1 aromatic heterocycles. The van der Waals surface area contributed by atoms with Gasteiger partial charge < -0.3 is 9.15 Å². The van der Waals surface area contributed by atoms with Gasteiger partial charge in [-0.15, -0.1) is 0 Å². The Bertz CT molecular complexity index is 1350. The van der Waals surface area contributed by atoms with Gasteiger partial charge in [-0.25, -0.2) is 22.3 Å². The Morgan fingerprint density at radius 3 is 2.32 bits per heavy atom. The maximum Gasteiger partial charge on any atom is 0.343 e. The van der Waals surface area contributed by atoms with E-state index in [9.17, 15) is 18.0 Å². The van der Waals surface area contributed by atoms with Crippen molar-refractivity contribution in [3.8, 4) is 5.75 Å². The highest BCUT2D eigenvalue weighted by Gasteiger charge is 2.24. The summed E-state index contributed by atoms with van der Waals surface area (Å²) in [5, 5.41) is 0.766. The van der Waals surface area contributed by atoms with Gasteiger partial charge in [-0.3, -0.25) is 0 Å². The molecule has 0 saturated heterocycles. The van der Waals surface area contributed by atoms with Gasteiger partial charge in [0, 0.05) is 31.6 Å². The minimum Gasteiger partial charge on any atom is -0.423 e. The molecule has 2 aromatic carbocycles. The van der Waals surface area contributed by atoms with E-state index in [2.05, 4.69) is 0 Å². The molecule has 0 unspecified atom stereocenters. The summed E-state index contributed by atoms with van der Waals surface area (Å²) in [5.41, 5.74) is 2.72. The molecule has 0 spiro atoms. The summed E-state index contributed by atoms with van der Waals surface area (Å²) in [7, 11) is -0.858. The molecular formula is C23H25NO6S. The Morgan fingerprint density at radius 1 is 1.03 bits per heavy atom. The van der Waals surface area contributed by atoms with Crippen LogP contribution in [-0.4, -0.2) is 32.8 Å². The summed E-state index contributed by atoms with van der Waals surface area (Å²) in [4.78, 5) is 24.7. The number of rotatable bonds is 5. The molecular weight excluding hydrogens is 418 g/mol. The quantitative estimate of drug-likeness (QED) is 0.339. The van der Waals surface area contributed by atoms with Crippen LogP contribution in [0.15, 0.2) is 44.4 Å². The van der Waals surface area contributed by atoms with Gasteiger partial charge in [0.1, 0.15) is 11.3 Å². The van der Waals surface area contributed by atoms with E-state index in [0.717, 1.165) is 20.8 Å². The van der Waals surface area contributed by atoms with E-state index in [-0.39, 0.29) is 16.2 Å². The zero-order valence-electron chi connectivity index (χ0n) is 18.4. The molecule has 3 aromatic rings. The van der Waals surface area contributed by atoms with Gasteiger partial charge in [-0.05, 0) is 67.6 Å². The van der Waals surface area contributed by atoms with E-state index in [4.69, 9.17) is 9.15 Å². The molecule has 0 saturated carbocycles. The largest absolute Gasteiger partial charge is 0.423 e. The second kappa shape index (κ2) is 8.28. The molecule has 0 bridgehead atoms. The average molecular weight is 444 g/mol. The van der Waals surface area contributed by atoms with E-state index >= 15 is 0 Å². The van der Waals surface area contributed by atoms with Crippen molar-refractivity contribution in [3.05, 3.63) is 68.6 Å². The van der Waals surface area contributed by atoms with Crippen molar-refractivity contribution in [1.29, 1.82) is 0 Å². The first-order valence-electron chi connectivity index (χ1n) is 9.79. The van der Waals surface area contributed by atoms with Gasteiger partial charge in [0.2, 0.25) is 10.0 Å². The van der Waals surface area contributed by atoms with E-state index in [1.807, 2.05) is 19.9 Å². The zero-order chi connectivity index (χ0) is 23.1. The maximum absolute atomic E-state index is 12.9. The predicted molar refractivity (Wildman–Crippen MR) is 118 cm³/mol. The van der Waals surface area contributed by atoms with E-state index < -0.39 is 21.6 Å². The van der Waals surface area contributed by atoms with Gasteiger partial charge in [0.25, 0.3) is 0 Å². The maximum atomic E-state index is 12.9. The third kappa shape index (κ3) is 4.26. The summed E-state index contributed by atoms with van der Waals surface area (Å²) in [5.74, 6) is -0.425. The van der Waals surface area contributed by atoms with Crippen LogP contribution in [0.1, 0.15) is 39.5 Å². The molecule has 0 N–H and O–H groups in total. The number of nitrogens with zero attached hydrogens (tertiary/aromatic N) is 1. The fourth-order valence-electron chi connectivity index (χ4n) is 3.33. The molecule has 0 amide bonds. The number of hydrogen-bond donors (Lipinski definition) is 0. The molecule has 0 fully saturated rings. The SMILES string of the molecule is CCc1cc2c(C)cc(=O)oc2cc1OC(=O)c1cc(C)c(C)c(S(=O)(=O)N(C)C)c1. The lowest BCUT2D eigenvalue weighted by Crippen LogP contribution is -2.24. The number of carbonyl (C=O) groups excluding carboxylic acids is 1. The van der Waals surface area contributed by atoms with Gasteiger partial charge in [-0.2, -0.15) is 0 Å². The molecule has 31 heavy (non-hydrogen) atoms. The lowest BCUT2D eigenvalue weighted by atomic mass is 10.0. The number of benzene rings is 2. The molecule has 0 atom stereocenters. The second-order valence-corrected chi connectivity index (χ2v) is 9.77. The van der Waals surface area contributed by atoms with Gasteiger partial charge in [-0.1, -0.05) is 6.92 Å². The number of hydrogen-bond acceptors (Lipinski definition) is 6. The van der Waals surface area contributed by atoms with Crippen LogP contribution in [-0.2, 0) is 16.4 Å². The van der Waals surface area contributed by atoms with Gasteiger partial charge in [0.05, 0.1) is 10.5 Å². The Labute approximate surface area is 181 Å². The van der Waals surface area contributed by atoms with Crippen molar-refractivity contribution in [2.75, 3.05) is 14.1 Å². The lowest BCUT2D eigenvalue weighted by molar-refractivity contribution is 0.0733. The van der Waals surface area contributed by atoms with Crippen LogP contribution in [0.3, 0.4) is 0 Å². The van der Waals surface area contributed by atoms with Crippen LogP contribution in [0.4, 0.5) is 0 Å². The molecule has 0 aliphatic rings. The summed E-state index contributed by atoms with van der Waals surface area (Å²) in [6.45, 7) is 7.17. The van der Waals surface area contributed by atoms with Gasteiger partial charge in [0.15, 0.2) is 0 Å². The fraction of sp³-hybridized carbons (Fsp3) is 0.304. The van der Waals surface area contributed by atoms with Crippen LogP contribution >= 0.6 is 0 Å². The molecule has 0 aliphatic heterocycles. The first kappa shape index (κ1) is 22.7. The molecule has 0 aliphatic carbocycles. The number of esters is 1. The number of aryl methyl sites for hydroxylation is 3. The highest BCUT2D eigenvalue weighted by molar-refractivity contribution is 7.89. The van der Waals surface area contributed by atoms with E-state index in [1.54, 1.807) is 19.9 Å². The zero-order valence-corrected chi connectivity index (χ0v) is 19.2. The Hall–Kier alpha value is -2.97. The third-order valence-electron chi connectivity index (χ3n) is 5.33. The molecule has 0 radical (unpaired) electrons. The Kier molecular flexibility index (Phi) is 6.07. The monoisotopic (exact) mass is 443 g/mol.